The summed E-state index contributed by atoms with van der Waals surface area (Å²) in [5, 5.41) is 0. The van der Waals surface area contributed by atoms with Gasteiger partial charge < -0.3 is 0 Å². The predicted molar refractivity (Wildman–Crippen MR) is 128 cm³/mol. The van der Waals surface area contributed by atoms with Gasteiger partial charge in [-0.15, -0.1) is 13.2 Å². The quantitative estimate of drug-likeness (QED) is 0.423. The van der Waals surface area contributed by atoms with Crippen LogP contribution in [0.1, 0.15) is 127 Å². The number of allylic oxidation sites excluding steroid dienone is 2. The lowest BCUT2D eigenvalue weighted by atomic mass is 9.84. The molecule has 1 saturated carbocycles. The van der Waals surface area contributed by atoms with E-state index < -0.39 is 0 Å². The van der Waals surface area contributed by atoms with Gasteiger partial charge in [-0.1, -0.05) is 118 Å². The molecule has 0 heterocycles. The molecule has 1 aliphatic rings. The Morgan fingerprint density at radius 1 is 0.923 bits per heavy atom. The first-order valence-corrected chi connectivity index (χ1v) is 11.5. The molecule has 0 bridgehead atoms. The Balaban J connectivity index is -0.000000127. The van der Waals surface area contributed by atoms with Gasteiger partial charge in [-0.2, -0.15) is 0 Å². The molecule has 0 unspecified atom stereocenters. The van der Waals surface area contributed by atoms with Gasteiger partial charge in [0.1, 0.15) is 0 Å². The zero-order valence-electron chi connectivity index (χ0n) is 20.6. The summed E-state index contributed by atoms with van der Waals surface area (Å²) in [6.45, 7) is 28.6. The van der Waals surface area contributed by atoms with Gasteiger partial charge in [-0.25, -0.2) is 0 Å². The van der Waals surface area contributed by atoms with Crippen molar-refractivity contribution in [2.75, 3.05) is 0 Å². The maximum atomic E-state index is 3.67. The van der Waals surface area contributed by atoms with Crippen LogP contribution in [0.4, 0.5) is 0 Å². The summed E-state index contributed by atoms with van der Waals surface area (Å²) in [6.07, 6.45) is 14.3. The third kappa shape index (κ3) is 38.8. The summed E-state index contributed by atoms with van der Waals surface area (Å²) in [5.41, 5.74) is 1.25. The molecule has 0 nitrogen and oxygen atoms in total. The van der Waals surface area contributed by atoms with Crippen molar-refractivity contribution in [3.8, 4) is 0 Å². The molecule has 1 fully saturated rings. The molecule has 0 aromatic heterocycles. The van der Waals surface area contributed by atoms with E-state index in [1.807, 2.05) is 27.7 Å². The van der Waals surface area contributed by atoms with Crippen LogP contribution < -0.4 is 0 Å². The summed E-state index contributed by atoms with van der Waals surface area (Å²) in [6, 6.07) is 0. The summed E-state index contributed by atoms with van der Waals surface area (Å²) in [5.74, 6) is 3.00. The zero-order chi connectivity index (χ0) is 21.4. The van der Waals surface area contributed by atoms with E-state index in [1.54, 1.807) is 6.08 Å². The largest absolute Gasteiger partial charge is 0.103 e. The smallest absolute Gasteiger partial charge is 0.0354 e. The van der Waals surface area contributed by atoms with Crippen molar-refractivity contribution in [3.05, 3.63) is 24.8 Å². The minimum Gasteiger partial charge on any atom is -0.103 e. The van der Waals surface area contributed by atoms with Crippen LogP contribution in [0.5, 0.6) is 0 Å². The lowest BCUT2D eigenvalue weighted by Gasteiger charge is -2.22. The van der Waals surface area contributed by atoms with Crippen molar-refractivity contribution in [2.24, 2.45) is 17.8 Å². The van der Waals surface area contributed by atoms with Crippen molar-refractivity contribution in [1.29, 1.82) is 0 Å². The molecule has 26 heavy (non-hydrogen) atoms. The number of hydrogen-bond acceptors (Lipinski definition) is 0. The molecule has 0 aromatic rings. The minimum absolute atomic E-state index is 0.963. The molecule has 0 saturated heterocycles. The SMILES string of the molecule is C=C(C)CC.C=CC.CC.CC1CCC(C)CC1.CCCC(C)CCC. The molecular weight excluding hydrogens is 312 g/mol. The molecule has 0 aliphatic heterocycles. The molecule has 1 rings (SSSR count). The highest BCUT2D eigenvalue weighted by atomic mass is 14.2. The van der Waals surface area contributed by atoms with Gasteiger partial charge in [0.2, 0.25) is 0 Å². The molecule has 0 N–H and O–H groups in total. The van der Waals surface area contributed by atoms with Crippen molar-refractivity contribution in [1.82, 2.24) is 0 Å². The maximum absolute atomic E-state index is 3.67. The van der Waals surface area contributed by atoms with Gasteiger partial charge in [0.15, 0.2) is 0 Å². The first kappa shape index (κ1) is 33.1. The van der Waals surface area contributed by atoms with Crippen LogP contribution in [-0.2, 0) is 0 Å². The Morgan fingerprint density at radius 3 is 1.31 bits per heavy atom. The molecule has 1 aliphatic carbocycles. The van der Waals surface area contributed by atoms with Gasteiger partial charge in [0, 0.05) is 0 Å². The highest BCUT2D eigenvalue weighted by Gasteiger charge is 2.13. The first-order chi connectivity index (χ1) is 12.3. The molecule has 0 atom stereocenters. The number of rotatable bonds is 5. The summed E-state index contributed by atoms with van der Waals surface area (Å²) < 4.78 is 0. The topological polar surface area (TPSA) is 0 Å². The molecule has 0 aromatic carbocycles. The lowest BCUT2D eigenvalue weighted by molar-refractivity contribution is 0.308. The van der Waals surface area contributed by atoms with Crippen LogP contribution in [0.2, 0.25) is 0 Å². The highest BCUT2D eigenvalue weighted by Crippen LogP contribution is 2.27. The van der Waals surface area contributed by atoms with Gasteiger partial charge in [0.25, 0.3) is 0 Å². The van der Waals surface area contributed by atoms with E-state index in [1.165, 1.54) is 56.9 Å². The van der Waals surface area contributed by atoms with E-state index in [-0.39, 0.29) is 0 Å². The third-order valence-corrected chi connectivity index (χ3v) is 4.47. The summed E-state index contributed by atoms with van der Waals surface area (Å²) >= 11 is 0. The van der Waals surface area contributed by atoms with Crippen molar-refractivity contribution < 1.29 is 0 Å². The first-order valence-electron chi connectivity index (χ1n) is 11.5. The third-order valence-electron chi connectivity index (χ3n) is 4.47. The Morgan fingerprint density at radius 2 is 1.15 bits per heavy atom. The minimum atomic E-state index is 0.963. The molecular formula is C26H56. The van der Waals surface area contributed by atoms with E-state index in [0.29, 0.717) is 0 Å². The van der Waals surface area contributed by atoms with E-state index in [9.17, 15) is 0 Å². The Kier molecular flexibility index (Phi) is 37.2. The van der Waals surface area contributed by atoms with Gasteiger partial charge >= 0.3 is 0 Å². The van der Waals surface area contributed by atoms with Crippen LogP contribution in [0, 0.1) is 17.8 Å². The van der Waals surface area contributed by atoms with Crippen LogP contribution in [0.15, 0.2) is 24.8 Å². The van der Waals surface area contributed by atoms with E-state index in [0.717, 1.165) is 24.2 Å². The van der Waals surface area contributed by atoms with Crippen LogP contribution in [0.25, 0.3) is 0 Å². The second-order valence-electron chi connectivity index (χ2n) is 7.77. The second kappa shape index (κ2) is 29.3. The summed E-state index contributed by atoms with van der Waals surface area (Å²) in [4.78, 5) is 0. The monoisotopic (exact) mass is 368 g/mol. The maximum Gasteiger partial charge on any atom is -0.0354 e. The summed E-state index contributed by atoms with van der Waals surface area (Å²) in [7, 11) is 0. The fourth-order valence-corrected chi connectivity index (χ4v) is 2.56. The van der Waals surface area contributed by atoms with Gasteiger partial charge in [-0.05, 0) is 38.0 Å². The second-order valence-corrected chi connectivity index (χ2v) is 7.77. The average Bonchev–Trinajstić information content (AvgIpc) is 2.61. The predicted octanol–water partition coefficient (Wildman–Crippen LogP) is 10.2. The standard InChI is InChI=1S/C8H16.C8H18.C5H10.C3H6.C2H6/c1-7-3-5-8(2)6-4-7;1-4-6-8(3)7-5-2;1-4-5(2)3;1-3-2;1-2/h7-8H,3-6H2,1-2H3;8H,4-7H2,1-3H3;2,4H2,1,3H3;3H,1H2,2H3;1-2H3. The van der Waals surface area contributed by atoms with Gasteiger partial charge in [0.05, 0.1) is 0 Å². The van der Waals surface area contributed by atoms with Gasteiger partial charge in [-0.3, -0.25) is 0 Å². The molecule has 0 amide bonds. The van der Waals surface area contributed by atoms with Crippen molar-refractivity contribution in [2.45, 2.75) is 127 Å². The fourth-order valence-electron chi connectivity index (χ4n) is 2.56. The fraction of sp³-hybridized carbons (Fsp3) is 0.846. The Bertz CT molecular complexity index is 227. The zero-order valence-corrected chi connectivity index (χ0v) is 20.6. The molecule has 160 valence electrons. The van der Waals surface area contributed by atoms with Crippen LogP contribution in [0.3, 0.4) is 0 Å². The van der Waals surface area contributed by atoms with E-state index in [2.05, 4.69) is 54.7 Å². The lowest BCUT2D eigenvalue weighted by Crippen LogP contribution is -2.08. The Hall–Kier alpha value is -0.520. The van der Waals surface area contributed by atoms with E-state index >= 15 is 0 Å². The normalized spacial score (nSPS) is 17.7. The van der Waals surface area contributed by atoms with Crippen molar-refractivity contribution in [3.63, 3.8) is 0 Å². The molecule has 0 radical (unpaired) electrons. The molecule has 0 heteroatoms. The molecule has 0 spiro atoms. The Labute approximate surface area is 170 Å². The van der Waals surface area contributed by atoms with Crippen LogP contribution in [-0.4, -0.2) is 0 Å². The highest BCUT2D eigenvalue weighted by molar-refractivity contribution is 4.84. The van der Waals surface area contributed by atoms with E-state index in [4.69, 9.17) is 0 Å². The number of hydrogen-bond donors (Lipinski definition) is 0. The van der Waals surface area contributed by atoms with Crippen LogP contribution >= 0.6 is 0 Å². The van der Waals surface area contributed by atoms with Crippen molar-refractivity contribution >= 4 is 0 Å². The average molecular weight is 369 g/mol.